The predicted octanol–water partition coefficient (Wildman–Crippen LogP) is 1.13. The van der Waals surface area contributed by atoms with Gasteiger partial charge in [-0.15, -0.1) is 0 Å². The van der Waals surface area contributed by atoms with Crippen molar-refractivity contribution in [3.8, 4) is 5.75 Å². The first-order valence-corrected chi connectivity index (χ1v) is 12.2. The van der Waals surface area contributed by atoms with Crippen LogP contribution in [0.4, 0.5) is 5.69 Å². The van der Waals surface area contributed by atoms with Gasteiger partial charge in [0, 0.05) is 26.2 Å². The lowest BCUT2D eigenvalue weighted by Gasteiger charge is -2.31. The molecular weight excluding hydrogens is 422 g/mol. The summed E-state index contributed by atoms with van der Waals surface area (Å²) in [5.74, 6) is 0.179. The Hall–Kier alpha value is -2.17. The number of benzene rings is 1. The Morgan fingerprint density at radius 1 is 1.23 bits per heavy atom. The average molecular weight is 452 g/mol. The van der Waals surface area contributed by atoms with Crippen molar-refractivity contribution in [2.75, 3.05) is 44.3 Å². The van der Waals surface area contributed by atoms with Gasteiger partial charge < -0.3 is 14.8 Å². The van der Waals surface area contributed by atoms with Gasteiger partial charge in [-0.2, -0.15) is 4.31 Å². The molecule has 3 heterocycles. The number of amides is 2. The molecule has 170 valence electrons. The van der Waals surface area contributed by atoms with Crippen LogP contribution in [0.25, 0.3) is 0 Å². The average Bonchev–Trinajstić information content (AvgIpc) is 3.28. The third-order valence-electron chi connectivity index (χ3n) is 6.11. The number of ether oxygens (including phenoxy) is 2. The molecule has 3 aliphatic heterocycles. The summed E-state index contributed by atoms with van der Waals surface area (Å²) in [7, 11) is -3.69. The quantitative estimate of drug-likeness (QED) is 0.695. The molecule has 0 bridgehead atoms. The topological polar surface area (TPSA) is 105 Å². The molecule has 9 nitrogen and oxygen atoms in total. The molecule has 1 aromatic carbocycles. The highest BCUT2D eigenvalue weighted by Gasteiger charge is 2.32. The van der Waals surface area contributed by atoms with Crippen molar-refractivity contribution < 1.29 is 27.5 Å². The van der Waals surface area contributed by atoms with Crippen LogP contribution >= 0.6 is 0 Å². The van der Waals surface area contributed by atoms with Crippen molar-refractivity contribution in [2.24, 2.45) is 5.92 Å². The molecule has 4 rings (SSSR count). The second kappa shape index (κ2) is 9.13. The van der Waals surface area contributed by atoms with Gasteiger partial charge in [-0.05, 0) is 49.8 Å². The summed E-state index contributed by atoms with van der Waals surface area (Å²) in [5, 5.41) is 2.80. The first-order valence-electron chi connectivity index (χ1n) is 10.8. The molecule has 3 aliphatic rings. The van der Waals surface area contributed by atoms with Gasteiger partial charge >= 0.3 is 0 Å². The number of hydrogen-bond donors (Lipinski definition) is 1. The molecule has 1 atom stereocenters. The molecule has 1 N–H and O–H groups in total. The minimum atomic E-state index is -3.69. The lowest BCUT2D eigenvalue weighted by Crippen LogP contribution is -2.46. The fraction of sp³-hybridized carbons (Fsp3) is 0.619. The Morgan fingerprint density at radius 2 is 2.00 bits per heavy atom. The summed E-state index contributed by atoms with van der Waals surface area (Å²) >= 11 is 0. The maximum atomic E-state index is 13.1. The van der Waals surface area contributed by atoms with Crippen LogP contribution in [0.2, 0.25) is 0 Å². The van der Waals surface area contributed by atoms with Crippen molar-refractivity contribution in [3.63, 3.8) is 0 Å². The molecule has 0 unspecified atom stereocenters. The van der Waals surface area contributed by atoms with Gasteiger partial charge in [0.15, 0.2) is 6.61 Å². The van der Waals surface area contributed by atoms with E-state index in [1.165, 1.54) is 21.3 Å². The zero-order chi connectivity index (χ0) is 22.0. The second-order valence-electron chi connectivity index (χ2n) is 8.42. The lowest BCUT2D eigenvalue weighted by atomic mass is 10.0. The Morgan fingerprint density at radius 3 is 2.71 bits per heavy atom. The molecule has 0 spiro atoms. The number of fused-ring (bicyclic) bond motifs is 1. The normalized spacial score (nSPS) is 22.8. The number of carbonyl (C=O) groups excluding carboxylic acids is 2. The van der Waals surface area contributed by atoms with E-state index in [-0.39, 0.29) is 36.0 Å². The van der Waals surface area contributed by atoms with E-state index in [1.54, 1.807) is 6.07 Å². The predicted molar refractivity (Wildman–Crippen MR) is 113 cm³/mol. The standard InChI is InChI=1S/C21H29N3O6S/c1-15-6-8-23(9-7-15)31(27,28)17-4-5-19-18(11-17)24(21(26)14-30-19)13-20(25)22-12-16-3-2-10-29-16/h4-5,11,15-16H,2-3,6-10,12-14H2,1H3,(H,22,25)/t16-/m1/s1. The van der Waals surface area contributed by atoms with Gasteiger partial charge in [0.2, 0.25) is 15.9 Å². The SMILES string of the molecule is CC1CCN(S(=O)(=O)c2ccc3c(c2)N(CC(=O)NC[C@H]2CCCO2)C(=O)CO3)CC1. The van der Waals surface area contributed by atoms with Crippen LogP contribution in [0.15, 0.2) is 23.1 Å². The minimum absolute atomic E-state index is 0.000587. The molecule has 2 amide bonds. The summed E-state index contributed by atoms with van der Waals surface area (Å²) in [5.41, 5.74) is 0.301. The Kier molecular flexibility index (Phi) is 6.49. The van der Waals surface area contributed by atoms with E-state index >= 15 is 0 Å². The van der Waals surface area contributed by atoms with E-state index in [0.717, 1.165) is 25.7 Å². The minimum Gasteiger partial charge on any atom is -0.482 e. The van der Waals surface area contributed by atoms with Crippen molar-refractivity contribution in [3.05, 3.63) is 18.2 Å². The lowest BCUT2D eigenvalue weighted by molar-refractivity contribution is -0.125. The molecule has 0 aliphatic carbocycles. The van der Waals surface area contributed by atoms with Crippen LogP contribution < -0.4 is 15.0 Å². The number of rotatable bonds is 6. The van der Waals surface area contributed by atoms with E-state index in [0.29, 0.717) is 43.6 Å². The van der Waals surface area contributed by atoms with E-state index in [2.05, 4.69) is 12.2 Å². The summed E-state index contributed by atoms with van der Waals surface area (Å²) in [6.07, 6.45) is 3.52. The summed E-state index contributed by atoms with van der Waals surface area (Å²) < 4.78 is 38.7. The zero-order valence-electron chi connectivity index (χ0n) is 17.7. The monoisotopic (exact) mass is 451 g/mol. The van der Waals surface area contributed by atoms with Gasteiger partial charge in [-0.3, -0.25) is 14.5 Å². The molecule has 2 fully saturated rings. The maximum absolute atomic E-state index is 13.1. The number of hydrogen-bond acceptors (Lipinski definition) is 6. The Labute approximate surface area is 182 Å². The molecule has 31 heavy (non-hydrogen) atoms. The first kappa shape index (κ1) is 22.0. The largest absolute Gasteiger partial charge is 0.482 e. The Balaban J connectivity index is 1.51. The zero-order valence-corrected chi connectivity index (χ0v) is 18.5. The van der Waals surface area contributed by atoms with E-state index in [1.807, 2.05) is 0 Å². The third-order valence-corrected chi connectivity index (χ3v) is 8.00. The van der Waals surface area contributed by atoms with Gasteiger partial charge in [-0.25, -0.2) is 8.42 Å². The van der Waals surface area contributed by atoms with Gasteiger partial charge in [0.25, 0.3) is 5.91 Å². The molecule has 1 aromatic rings. The van der Waals surface area contributed by atoms with E-state index in [4.69, 9.17) is 9.47 Å². The van der Waals surface area contributed by atoms with Crippen LogP contribution in [-0.2, 0) is 24.3 Å². The fourth-order valence-electron chi connectivity index (χ4n) is 4.12. The van der Waals surface area contributed by atoms with Gasteiger partial charge in [-0.1, -0.05) is 6.92 Å². The van der Waals surface area contributed by atoms with Crippen molar-refractivity contribution in [1.29, 1.82) is 0 Å². The van der Waals surface area contributed by atoms with Crippen LogP contribution in [0.3, 0.4) is 0 Å². The highest BCUT2D eigenvalue weighted by atomic mass is 32.2. The molecule has 0 radical (unpaired) electrons. The summed E-state index contributed by atoms with van der Waals surface area (Å²) in [4.78, 5) is 26.3. The van der Waals surface area contributed by atoms with Crippen molar-refractivity contribution in [2.45, 2.75) is 43.6 Å². The summed E-state index contributed by atoms with van der Waals surface area (Å²) in [6, 6.07) is 4.49. The highest BCUT2D eigenvalue weighted by Crippen LogP contribution is 2.35. The van der Waals surface area contributed by atoms with Crippen LogP contribution in [-0.4, -0.2) is 70.0 Å². The van der Waals surface area contributed by atoms with Crippen LogP contribution in [0.5, 0.6) is 5.75 Å². The fourth-order valence-corrected chi connectivity index (χ4v) is 5.61. The van der Waals surface area contributed by atoms with Crippen LogP contribution in [0, 0.1) is 5.92 Å². The smallest absolute Gasteiger partial charge is 0.265 e. The number of nitrogens with zero attached hydrogens (tertiary/aromatic N) is 2. The number of sulfonamides is 1. The number of anilines is 1. The van der Waals surface area contributed by atoms with E-state index < -0.39 is 10.0 Å². The molecule has 0 saturated carbocycles. The summed E-state index contributed by atoms with van der Waals surface area (Å²) in [6.45, 7) is 3.77. The molecule has 0 aromatic heterocycles. The van der Waals surface area contributed by atoms with Crippen molar-refractivity contribution >= 4 is 27.5 Å². The molecule has 2 saturated heterocycles. The molecular formula is C21H29N3O6S. The van der Waals surface area contributed by atoms with Gasteiger partial charge in [0.05, 0.1) is 16.7 Å². The number of carbonyl (C=O) groups is 2. The van der Waals surface area contributed by atoms with Crippen molar-refractivity contribution in [1.82, 2.24) is 9.62 Å². The third kappa shape index (κ3) is 4.86. The van der Waals surface area contributed by atoms with E-state index in [9.17, 15) is 18.0 Å². The highest BCUT2D eigenvalue weighted by molar-refractivity contribution is 7.89. The Bertz CT molecular complexity index is 936. The molecule has 10 heteroatoms. The van der Waals surface area contributed by atoms with Crippen LogP contribution in [0.1, 0.15) is 32.6 Å². The maximum Gasteiger partial charge on any atom is 0.265 e. The number of nitrogens with one attached hydrogen (secondary N) is 1. The van der Waals surface area contributed by atoms with Gasteiger partial charge in [0.1, 0.15) is 12.3 Å². The first-order chi connectivity index (χ1) is 14.8. The number of piperidine rings is 1. The second-order valence-corrected chi connectivity index (χ2v) is 10.4.